The molecular weight excluding hydrogens is 592 g/mol. The number of benzene rings is 3. The second-order valence-corrected chi connectivity index (χ2v) is 11.4. The number of carbonyl (C=O) groups is 2. The monoisotopic (exact) mass is 620 g/mol. The number of halogens is 5. The molecule has 4 rings (SSSR count). The minimum Gasteiger partial charge on any atom is -0.493 e. The fraction of sp³-hybridized carbons (Fsp3) is 0.300. The van der Waals surface area contributed by atoms with Gasteiger partial charge < -0.3 is 19.9 Å². The van der Waals surface area contributed by atoms with E-state index in [1.165, 1.54) is 6.07 Å². The van der Waals surface area contributed by atoms with Gasteiger partial charge >= 0.3 is 0 Å². The predicted molar refractivity (Wildman–Crippen MR) is 157 cm³/mol. The maximum Gasteiger partial charge on any atom is 0.259 e. The summed E-state index contributed by atoms with van der Waals surface area (Å²) >= 11 is 13.2. The third-order valence-corrected chi connectivity index (χ3v) is 7.45. The van der Waals surface area contributed by atoms with Gasteiger partial charge in [0.2, 0.25) is 5.91 Å². The molecule has 0 saturated carbocycles. The molecule has 42 heavy (non-hydrogen) atoms. The van der Waals surface area contributed by atoms with Crippen molar-refractivity contribution in [2.45, 2.75) is 40.7 Å². The normalized spacial score (nSPS) is 11.6. The highest BCUT2D eigenvalue weighted by molar-refractivity contribution is 6.36. The van der Waals surface area contributed by atoms with E-state index >= 15 is 0 Å². The Bertz CT molecular complexity index is 1700. The molecule has 222 valence electrons. The molecule has 1 aromatic heterocycles. The maximum absolute atomic E-state index is 14.2. The summed E-state index contributed by atoms with van der Waals surface area (Å²) in [6.45, 7) is 7.56. The van der Waals surface area contributed by atoms with E-state index in [0.717, 1.165) is 6.07 Å². The Morgan fingerprint density at radius 3 is 2.40 bits per heavy atom. The molecule has 3 aromatic carbocycles. The highest BCUT2D eigenvalue weighted by Gasteiger charge is 2.24. The Labute approximate surface area is 251 Å². The van der Waals surface area contributed by atoms with Gasteiger partial charge in [-0.3, -0.25) is 9.59 Å². The van der Waals surface area contributed by atoms with Crippen molar-refractivity contribution >= 4 is 51.7 Å². The Balaban J connectivity index is 1.69. The molecular formula is C30H29Cl2F3N4O3. The van der Waals surface area contributed by atoms with Crippen LogP contribution in [0.2, 0.25) is 10.0 Å². The highest BCUT2D eigenvalue weighted by Crippen LogP contribution is 2.33. The number of nitrogens with one attached hydrogen (secondary N) is 2. The lowest BCUT2D eigenvalue weighted by atomic mass is 9.95. The number of rotatable bonds is 8. The van der Waals surface area contributed by atoms with Crippen LogP contribution < -0.4 is 15.4 Å². The second-order valence-electron chi connectivity index (χ2n) is 10.6. The van der Waals surface area contributed by atoms with Crippen molar-refractivity contribution in [1.29, 1.82) is 0 Å². The molecule has 7 nitrogen and oxygen atoms in total. The van der Waals surface area contributed by atoms with Gasteiger partial charge in [0.1, 0.15) is 23.1 Å². The first-order chi connectivity index (χ1) is 19.7. The van der Waals surface area contributed by atoms with Crippen LogP contribution in [-0.2, 0) is 24.8 Å². The van der Waals surface area contributed by atoms with Crippen LogP contribution in [0, 0.1) is 22.9 Å². The first-order valence-corrected chi connectivity index (χ1v) is 13.8. The number of fused-ring (bicyclic) bond motifs is 1. The van der Waals surface area contributed by atoms with Gasteiger partial charge in [0, 0.05) is 36.5 Å². The van der Waals surface area contributed by atoms with Gasteiger partial charge in [-0.1, -0.05) is 50.0 Å². The maximum atomic E-state index is 14.2. The number of aryl methyl sites for hydroxylation is 1. The smallest absolute Gasteiger partial charge is 0.259 e. The lowest BCUT2D eigenvalue weighted by Gasteiger charge is -2.18. The van der Waals surface area contributed by atoms with Crippen molar-refractivity contribution in [2.75, 3.05) is 11.9 Å². The summed E-state index contributed by atoms with van der Waals surface area (Å²) in [5.74, 6) is -4.30. The van der Waals surface area contributed by atoms with Gasteiger partial charge in [-0.25, -0.2) is 18.2 Å². The number of anilines is 1. The van der Waals surface area contributed by atoms with Gasteiger partial charge in [0.05, 0.1) is 28.2 Å². The second kappa shape index (κ2) is 12.2. The number of hydrogen-bond donors (Lipinski definition) is 2. The fourth-order valence-electron chi connectivity index (χ4n) is 4.25. The molecule has 4 aromatic rings. The number of carbonyl (C=O) groups excluding carboxylic acids is 2. The lowest BCUT2D eigenvalue weighted by molar-refractivity contribution is -0.128. The molecule has 0 atom stereocenters. The number of aromatic nitrogens is 2. The summed E-state index contributed by atoms with van der Waals surface area (Å²) in [7, 11) is 1.77. The van der Waals surface area contributed by atoms with E-state index in [-0.39, 0.29) is 36.8 Å². The molecule has 0 radical (unpaired) electrons. The van der Waals surface area contributed by atoms with Crippen molar-refractivity contribution in [1.82, 2.24) is 14.9 Å². The molecule has 0 aliphatic rings. The third kappa shape index (κ3) is 6.34. The van der Waals surface area contributed by atoms with Crippen molar-refractivity contribution in [3.63, 3.8) is 0 Å². The van der Waals surface area contributed by atoms with Gasteiger partial charge in [-0.05, 0) is 42.3 Å². The minimum absolute atomic E-state index is 0.0512. The zero-order chi connectivity index (χ0) is 30.9. The number of hydrogen-bond acceptors (Lipinski definition) is 4. The number of amides is 2. The Morgan fingerprint density at radius 1 is 1.05 bits per heavy atom. The summed E-state index contributed by atoms with van der Waals surface area (Å²) in [5.41, 5.74) is 0.749. The minimum atomic E-state index is -1.52. The van der Waals surface area contributed by atoms with Crippen LogP contribution in [0.4, 0.5) is 18.9 Å². The van der Waals surface area contributed by atoms with Gasteiger partial charge in [0.15, 0.2) is 11.6 Å². The first-order valence-electron chi connectivity index (χ1n) is 13.0. The van der Waals surface area contributed by atoms with Crippen LogP contribution in [0.3, 0.4) is 0 Å². The molecule has 0 unspecified atom stereocenters. The van der Waals surface area contributed by atoms with Crippen molar-refractivity contribution in [2.24, 2.45) is 12.5 Å². The van der Waals surface area contributed by atoms with Crippen molar-refractivity contribution in [3.8, 4) is 5.75 Å². The van der Waals surface area contributed by atoms with Crippen LogP contribution >= 0.6 is 23.2 Å². The molecule has 0 saturated heterocycles. The Morgan fingerprint density at radius 2 is 1.74 bits per heavy atom. The summed E-state index contributed by atoms with van der Waals surface area (Å²) in [6.07, 6.45) is 0.217. The summed E-state index contributed by atoms with van der Waals surface area (Å²) in [6, 6.07) is 7.80. The first kappa shape index (κ1) is 31.2. The van der Waals surface area contributed by atoms with E-state index in [0.29, 0.717) is 44.1 Å². The fourth-order valence-corrected chi connectivity index (χ4v) is 4.82. The van der Waals surface area contributed by atoms with E-state index < -0.39 is 34.5 Å². The van der Waals surface area contributed by atoms with Crippen LogP contribution in [-0.4, -0.2) is 28.0 Å². The summed E-state index contributed by atoms with van der Waals surface area (Å²) in [5, 5.41) is 5.78. The van der Waals surface area contributed by atoms with Crippen LogP contribution in [0.5, 0.6) is 5.75 Å². The van der Waals surface area contributed by atoms with E-state index in [9.17, 15) is 22.8 Å². The van der Waals surface area contributed by atoms with Crippen molar-refractivity contribution < 1.29 is 27.5 Å². The molecule has 0 aliphatic heterocycles. The van der Waals surface area contributed by atoms with Crippen molar-refractivity contribution in [3.05, 3.63) is 86.4 Å². The number of nitrogens with zero attached hydrogens (tertiary/aromatic N) is 2. The standard InChI is InChI=1S/C30H29Cl2F3N4O3/c1-6-42-23-13-22-21(11-17(23)28(40)38-27-20(34)10-9-19(33)26(27)35)37-24(39(22)5)12-16-18(31)8-7-15(25(16)32)14-36-29(41)30(2,3)4/h7-11,13H,6,12,14H2,1-5H3,(H,36,41)(H,38,40). The predicted octanol–water partition coefficient (Wildman–Crippen LogP) is 7.20. The van der Waals surface area contributed by atoms with E-state index in [4.69, 9.17) is 27.9 Å². The Kier molecular flexibility index (Phi) is 9.08. The zero-order valence-electron chi connectivity index (χ0n) is 23.6. The average molecular weight is 621 g/mol. The number of ether oxygens (including phenoxy) is 1. The highest BCUT2D eigenvalue weighted by atomic mass is 35.5. The molecule has 12 heteroatoms. The molecule has 2 amide bonds. The number of imidazole rings is 1. The van der Waals surface area contributed by atoms with E-state index in [1.54, 1.807) is 36.7 Å². The average Bonchev–Trinajstić information content (AvgIpc) is 3.23. The summed E-state index contributed by atoms with van der Waals surface area (Å²) < 4.78 is 49.5. The molecule has 0 fully saturated rings. The van der Waals surface area contributed by atoms with Gasteiger partial charge in [-0.2, -0.15) is 0 Å². The Hall–Kier alpha value is -3.76. The molecule has 1 heterocycles. The third-order valence-electron chi connectivity index (χ3n) is 6.62. The molecule has 2 N–H and O–H groups in total. The SMILES string of the molecule is CCOc1cc2c(cc1C(=O)Nc1c(F)ccc(F)c1F)nc(Cc1c(Cl)ccc(CNC(=O)C(C)(C)C)c1Cl)n2C. The largest absolute Gasteiger partial charge is 0.493 e. The van der Waals surface area contributed by atoms with Crippen LogP contribution in [0.25, 0.3) is 11.0 Å². The lowest BCUT2D eigenvalue weighted by Crippen LogP contribution is -2.34. The quantitative estimate of drug-likeness (QED) is 0.204. The van der Waals surface area contributed by atoms with E-state index in [2.05, 4.69) is 15.6 Å². The van der Waals surface area contributed by atoms with Crippen LogP contribution in [0.15, 0.2) is 36.4 Å². The molecule has 0 bridgehead atoms. The van der Waals surface area contributed by atoms with E-state index in [1.807, 2.05) is 20.8 Å². The molecule has 0 spiro atoms. The molecule has 0 aliphatic carbocycles. The topological polar surface area (TPSA) is 85.2 Å². The van der Waals surface area contributed by atoms with Gasteiger partial charge in [-0.15, -0.1) is 0 Å². The summed E-state index contributed by atoms with van der Waals surface area (Å²) in [4.78, 5) is 30.1. The zero-order valence-corrected chi connectivity index (χ0v) is 25.1. The van der Waals surface area contributed by atoms with Gasteiger partial charge in [0.25, 0.3) is 5.91 Å². The van der Waals surface area contributed by atoms with Crippen LogP contribution in [0.1, 0.15) is 55.0 Å².